The quantitative estimate of drug-likeness (QED) is 0.748. The largest absolute Gasteiger partial charge is 0.339 e. The Kier molecular flexibility index (Phi) is 4.90. The van der Waals surface area contributed by atoms with Gasteiger partial charge in [-0.05, 0) is 73.5 Å². The molecule has 6 heteroatoms. The van der Waals surface area contributed by atoms with E-state index < -0.39 is 0 Å². The summed E-state index contributed by atoms with van der Waals surface area (Å²) in [6.07, 6.45) is 0. The van der Waals surface area contributed by atoms with E-state index in [1.165, 1.54) is 0 Å². The van der Waals surface area contributed by atoms with E-state index in [1.807, 2.05) is 32.0 Å². The molecule has 1 aromatic heterocycles. The fourth-order valence-corrected chi connectivity index (χ4v) is 2.54. The number of amides is 1. The smallest absolute Gasteiger partial charge is 0.276 e. The molecule has 1 heterocycles. The molecule has 128 valence electrons. The summed E-state index contributed by atoms with van der Waals surface area (Å²) in [5.74, 6) is 0.199. The first-order valence-electron chi connectivity index (χ1n) is 8.04. The highest BCUT2D eigenvalue weighted by Crippen LogP contribution is 2.18. The molecule has 6 nitrogen and oxygen atoms in total. The summed E-state index contributed by atoms with van der Waals surface area (Å²) in [4.78, 5) is 12.2. The minimum Gasteiger partial charge on any atom is -0.339 e. The predicted octanol–water partition coefficient (Wildman–Crippen LogP) is 3.96. The lowest BCUT2D eigenvalue weighted by Gasteiger charge is -2.08. The van der Waals surface area contributed by atoms with E-state index >= 15 is 0 Å². The zero-order valence-corrected chi connectivity index (χ0v) is 14.4. The lowest BCUT2D eigenvalue weighted by Crippen LogP contribution is -2.14. The average molecular weight is 343 g/mol. The van der Waals surface area contributed by atoms with Crippen molar-refractivity contribution in [3.63, 3.8) is 0 Å². The summed E-state index contributed by atoms with van der Waals surface area (Å²) in [5, 5.41) is 22.7. The third-order valence-corrected chi connectivity index (χ3v) is 3.66. The lowest BCUT2D eigenvalue weighted by atomic mass is 10.1. The maximum atomic E-state index is 12.2. The van der Waals surface area contributed by atoms with Crippen molar-refractivity contribution in [2.45, 2.75) is 13.8 Å². The number of nitrogens with one attached hydrogen (secondary N) is 2. The molecule has 0 atom stereocenters. The number of benzene rings is 2. The molecule has 0 aliphatic heterocycles. The van der Waals surface area contributed by atoms with Crippen molar-refractivity contribution in [1.82, 2.24) is 10.2 Å². The van der Waals surface area contributed by atoms with E-state index in [4.69, 9.17) is 5.26 Å². The van der Waals surface area contributed by atoms with E-state index in [0.29, 0.717) is 17.1 Å². The van der Waals surface area contributed by atoms with E-state index in [9.17, 15) is 4.79 Å². The van der Waals surface area contributed by atoms with Gasteiger partial charge in [0.25, 0.3) is 5.91 Å². The Hall–Kier alpha value is -3.72. The Morgan fingerprint density at radius 1 is 0.923 bits per heavy atom. The molecule has 2 N–H and O–H groups in total. The molecule has 1 amide bonds. The standard InChI is InChI=1S/C20H17N5O/c1-13-9-14(2)11-17(10-13)22-19-8-7-18(24-25-19)20(26)23-16-5-3-15(12-21)4-6-16/h3-11H,1-2H3,(H,22,25)(H,23,26). The Bertz CT molecular complexity index is 952. The third-order valence-electron chi connectivity index (χ3n) is 3.66. The van der Waals surface area contributed by atoms with Crippen molar-refractivity contribution in [2.75, 3.05) is 10.6 Å². The second kappa shape index (κ2) is 7.45. The molecule has 0 fully saturated rings. The van der Waals surface area contributed by atoms with Crippen molar-refractivity contribution < 1.29 is 4.79 Å². The first-order chi connectivity index (χ1) is 12.5. The van der Waals surface area contributed by atoms with Gasteiger partial charge in [-0.3, -0.25) is 4.79 Å². The molecule has 0 aliphatic rings. The SMILES string of the molecule is Cc1cc(C)cc(Nc2ccc(C(=O)Nc3ccc(C#N)cc3)nn2)c1. The van der Waals surface area contributed by atoms with Gasteiger partial charge in [-0.15, -0.1) is 10.2 Å². The van der Waals surface area contributed by atoms with Crippen LogP contribution in [0.15, 0.2) is 54.6 Å². The van der Waals surface area contributed by atoms with Crippen molar-refractivity contribution in [2.24, 2.45) is 0 Å². The van der Waals surface area contributed by atoms with E-state index in [2.05, 4.69) is 26.9 Å². The van der Waals surface area contributed by atoms with Crippen molar-refractivity contribution in [3.8, 4) is 6.07 Å². The Labute approximate surface area is 151 Å². The molecule has 0 unspecified atom stereocenters. The summed E-state index contributed by atoms with van der Waals surface area (Å²) in [6.45, 7) is 4.06. The molecule has 3 aromatic rings. The average Bonchev–Trinajstić information content (AvgIpc) is 2.62. The number of anilines is 3. The second-order valence-electron chi connectivity index (χ2n) is 5.95. The van der Waals surface area contributed by atoms with Crippen LogP contribution in [0.5, 0.6) is 0 Å². The van der Waals surface area contributed by atoms with Gasteiger partial charge in [-0.25, -0.2) is 0 Å². The fraction of sp³-hybridized carbons (Fsp3) is 0.100. The van der Waals surface area contributed by atoms with Gasteiger partial charge in [0.05, 0.1) is 11.6 Å². The minimum atomic E-state index is -0.361. The van der Waals surface area contributed by atoms with Gasteiger partial charge in [-0.2, -0.15) is 5.26 Å². The van der Waals surface area contributed by atoms with E-state index in [1.54, 1.807) is 36.4 Å². The molecule has 0 spiro atoms. The van der Waals surface area contributed by atoms with Crippen LogP contribution in [0.2, 0.25) is 0 Å². The van der Waals surface area contributed by atoms with E-state index in [-0.39, 0.29) is 11.6 Å². The van der Waals surface area contributed by atoms with Gasteiger partial charge in [0.1, 0.15) is 0 Å². The topological polar surface area (TPSA) is 90.7 Å². The van der Waals surface area contributed by atoms with Crippen molar-refractivity contribution in [1.29, 1.82) is 5.26 Å². The molecule has 0 saturated carbocycles. The van der Waals surface area contributed by atoms with Crippen LogP contribution in [0.1, 0.15) is 27.2 Å². The first kappa shape index (κ1) is 17.1. The van der Waals surface area contributed by atoms with Gasteiger partial charge in [-0.1, -0.05) is 6.07 Å². The molecule has 0 saturated heterocycles. The second-order valence-corrected chi connectivity index (χ2v) is 5.95. The lowest BCUT2D eigenvalue weighted by molar-refractivity contribution is 0.102. The maximum Gasteiger partial charge on any atom is 0.276 e. The highest BCUT2D eigenvalue weighted by molar-refractivity contribution is 6.02. The van der Waals surface area contributed by atoms with Crippen LogP contribution < -0.4 is 10.6 Å². The van der Waals surface area contributed by atoms with E-state index in [0.717, 1.165) is 16.8 Å². The maximum absolute atomic E-state index is 12.2. The van der Waals surface area contributed by atoms with Crippen LogP contribution in [0, 0.1) is 25.2 Å². The molecule has 3 rings (SSSR count). The first-order valence-corrected chi connectivity index (χ1v) is 8.04. The minimum absolute atomic E-state index is 0.209. The highest BCUT2D eigenvalue weighted by Gasteiger charge is 2.09. The zero-order chi connectivity index (χ0) is 18.5. The van der Waals surface area contributed by atoms with Gasteiger partial charge in [0.15, 0.2) is 11.5 Å². The molecule has 0 aliphatic carbocycles. The third kappa shape index (κ3) is 4.22. The number of hydrogen-bond donors (Lipinski definition) is 2. The Balaban J connectivity index is 1.68. The summed E-state index contributed by atoms with van der Waals surface area (Å²) < 4.78 is 0. The predicted molar refractivity (Wildman–Crippen MR) is 100 cm³/mol. The number of carbonyl (C=O) groups excluding carboxylic acids is 1. The van der Waals surface area contributed by atoms with Gasteiger partial charge in [0, 0.05) is 11.4 Å². The molecular formula is C20H17N5O. The van der Waals surface area contributed by atoms with Crippen LogP contribution >= 0.6 is 0 Å². The molecule has 0 bridgehead atoms. The number of nitriles is 1. The summed E-state index contributed by atoms with van der Waals surface area (Å²) in [5.41, 5.74) is 4.56. The van der Waals surface area contributed by atoms with Crippen molar-refractivity contribution in [3.05, 3.63) is 77.0 Å². The van der Waals surface area contributed by atoms with Crippen LogP contribution in [0.3, 0.4) is 0 Å². The molecular weight excluding hydrogens is 326 g/mol. The summed E-state index contributed by atoms with van der Waals surface area (Å²) in [7, 11) is 0. The number of carbonyl (C=O) groups is 1. The molecule has 26 heavy (non-hydrogen) atoms. The number of aromatic nitrogens is 2. The number of rotatable bonds is 4. The summed E-state index contributed by atoms with van der Waals surface area (Å²) in [6, 6.07) is 18.1. The number of hydrogen-bond acceptors (Lipinski definition) is 5. The Morgan fingerprint density at radius 2 is 1.62 bits per heavy atom. The van der Waals surface area contributed by atoms with Crippen LogP contribution in [0.4, 0.5) is 17.2 Å². The van der Waals surface area contributed by atoms with Crippen molar-refractivity contribution >= 4 is 23.1 Å². The normalized spacial score (nSPS) is 10.0. The zero-order valence-electron chi connectivity index (χ0n) is 14.4. The Morgan fingerprint density at radius 3 is 2.19 bits per heavy atom. The number of aryl methyl sites for hydroxylation is 2. The van der Waals surface area contributed by atoms with Crippen LogP contribution in [-0.2, 0) is 0 Å². The fourth-order valence-electron chi connectivity index (χ4n) is 2.54. The highest BCUT2D eigenvalue weighted by atomic mass is 16.1. The number of nitrogens with zero attached hydrogens (tertiary/aromatic N) is 3. The van der Waals surface area contributed by atoms with Gasteiger partial charge >= 0.3 is 0 Å². The molecule has 0 radical (unpaired) electrons. The monoisotopic (exact) mass is 343 g/mol. The van der Waals surface area contributed by atoms with Gasteiger partial charge < -0.3 is 10.6 Å². The van der Waals surface area contributed by atoms with Crippen LogP contribution in [0.25, 0.3) is 0 Å². The van der Waals surface area contributed by atoms with Gasteiger partial charge in [0.2, 0.25) is 0 Å². The molecule has 2 aromatic carbocycles. The van der Waals surface area contributed by atoms with Crippen LogP contribution in [-0.4, -0.2) is 16.1 Å². The summed E-state index contributed by atoms with van der Waals surface area (Å²) >= 11 is 0.